The first-order chi connectivity index (χ1) is 9.74. The van der Waals surface area contributed by atoms with Crippen LogP contribution in [0.15, 0.2) is 23.1 Å². The lowest BCUT2D eigenvalue weighted by atomic mass is 10.3. The number of rotatable bonds is 3. The molecule has 1 saturated heterocycles. The standard InChI is InChI=1S/C14H15NO4S/c16-13-2-1-5-15(13)14(17)9-20-10-3-4-11-12(8-10)19-7-6-18-11/h3-4,8H,1-2,5-7,9H2. The summed E-state index contributed by atoms with van der Waals surface area (Å²) >= 11 is 1.41. The molecule has 0 aliphatic carbocycles. The van der Waals surface area contributed by atoms with Crippen molar-refractivity contribution >= 4 is 23.6 Å². The molecule has 6 heteroatoms. The fraction of sp³-hybridized carbons (Fsp3) is 0.429. The van der Waals surface area contributed by atoms with Gasteiger partial charge in [-0.15, -0.1) is 11.8 Å². The zero-order valence-corrected chi connectivity index (χ0v) is 11.8. The van der Waals surface area contributed by atoms with Gasteiger partial charge in [0, 0.05) is 17.9 Å². The van der Waals surface area contributed by atoms with E-state index < -0.39 is 0 Å². The minimum atomic E-state index is -0.118. The number of amides is 2. The van der Waals surface area contributed by atoms with Crippen molar-refractivity contribution in [1.29, 1.82) is 0 Å². The molecule has 2 aliphatic rings. The summed E-state index contributed by atoms with van der Waals surface area (Å²) in [7, 11) is 0. The molecule has 1 fully saturated rings. The Bertz CT molecular complexity index is 546. The summed E-state index contributed by atoms with van der Waals surface area (Å²) in [6.45, 7) is 1.66. The van der Waals surface area contributed by atoms with E-state index >= 15 is 0 Å². The predicted octanol–water partition coefficient (Wildman–Crippen LogP) is 1.70. The number of nitrogens with zero attached hydrogens (tertiary/aromatic N) is 1. The molecule has 0 radical (unpaired) electrons. The molecule has 2 heterocycles. The lowest BCUT2D eigenvalue weighted by Crippen LogP contribution is -2.33. The van der Waals surface area contributed by atoms with Crippen LogP contribution in [-0.2, 0) is 9.59 Å². The van der Waals surface area contributed by atoms with E-state index in [-0.39, 0.29) is 17.6 Å². The number of carbonyl (C=O) groups excluding carboxylic acids is 2. The van der Waals surface area contributed by atoms with Crippen molar-refractivity contribution in [2.24, 2.45) is 0 Å². The van der Waals surface area contributed by atoms with Crippen LogP contribution in [0.3, 0.4) is 0 Å². The van der Waals surface area contributed by atoms with Crippen LogP contribution in [0.4, 0.5) is 0 Å². The molecule has 5 nitrogen and oxygen atoms in total. The van der Waals surface area contributed by atoms with E-state index in [1.54, 1.807) is 0 Å². The molecule has 0 atom stereocenters. The van der Waals surface area contributed by atoms with Crippen molar-refractivity contribution in [3.63, 3.8) is 0 Å². The summed E-state index contributed by atoms with van der Waals surface area (Å²) < 4.78 is 10.9. The van der Waals surface area contributed by atoms with Crippen molar-refractivity contribution < 1.29 is 19.1 Å². The van der Waals surface area contributed by atoms with Crippen LogP contribution in [0, 0.1) is 0 Å². The van der Waals surface area contributed by atoms with Crippen LogP contribution in [0.1, 0.15) is 12.8 Å². The number of hydrogen-bond donors (Lipinski definition) is 0. The van der Waals surface area contributed by atoms with Crippen molar-refractivity contribution in [3.8, 4) is 11.5 Å². The Morgan fingerprint density at radius 1 is 1.25 bits per heavy atom. The summed E-state index contributed by atoms with van der Waals surface area (Å²) in [5, 5.41) is 0. The first-order valence-electron chi connectivity index (χ1n) is 6.60. The largest absolute Gasteiger partial charge is 0.486 e. The van der Waals surface area contributed by atoms with E-state index in [0.29, 0.717) is 31.9 Å². The van der Waals surface area contributed by atoms with E-state index in [1.807, 2.05) is 18.2 Å². The second-order valence-electron chi connectivity index (χ2n) is 4.64. The highest BCUT2D eigenvalue weighted by atomic mass is 32.2. The number of thioether (sulfide) groups is 1. The number of imide groups is 1. The summed E-state index contributed by atoms with van der Waals surface area (Å²) in [4.78, 5) is 25.7. The highest BCUT2D eigenvalue weighted by Gasteiger charge is 2.26. The van der Waals surface area contributed by atoms with Crippen LogP contribution in [-0.4, -0.2) is 42.2 Å². The Kier molecular flexibility index (Phi) is 3.82. The molecule has 0 saturated carbocycles. The topological polar surface area (TPSA) is 55.8 Å². The molecule has 0 aromatic heterocycles. The van der Waals surface area contributed by atoms with E-state index in [0.717, 1.165) is 17.1 Å². The molecule has 2 amide bonds. The van der Waals surface area contributed by atoms with Gasteiger partial charge < -0.3 is 9.47 Å². The van der Waals surface area contributed by atoms with Gasteiger partial charge in [-0.1, -0.05) is 0 Å². The van der Waals surface area contributed by atoms with Gasteiger partial charge in [-0.2, -0.15) is 0 Å². The van der Waals surface area contributed by atoms with Gasteiger partial charge in [0.25, 0.3) is 0 Å². The Balaban J connectivity index is 1.61. The van der Waals surface area contributed by atoms with Gasteiger partial charge in [0.05, 0.1) is 5.75 Å². The maximum Gasteiger partial charge on any atom is 0.239 e. The van der Waals surface area contributed by atoms with Crippen LogP contribution in [0.25, 0.3) is 0 Å². The van der Waals surface area contributed by atoms with E-state index in [1.165, 1.54) is 16.7 Å². The summed E-state index contributed by atoms with van der Waals surface area (Å²) in [6, 6.07) is 5.62. The van der Waals surface area contributed by atoms with Gasteiger partial charge in [-0.3, -0.25) is 14.5 Å². The maximum absolute atomic E-state index is 11.9. The Hall–Kier alpha value is -1.69. The van der Waals surface area contributed by atoms with Gasteiger partial charge in [-0.05, 0) is 24.6 Å². The van der Waals surface area contributed by atoms with Crippen LogP contribution >= 0.6 is 11.8 Å². The summed E-state index contributed by atoms with van der Waals surface area (Å²) in [5.74, 6) is 1.54. The van der Waals surface area contributed by atoms with Crippen LogP contribution in [0.2, 0.25) is 0 Å². The molecule has 0 spiro atoms. The highest BCUT2D eigenvalue weighted by molar-refractivity contribution is 8.00. The fourth-order valence-corrected chi connectivity index (χ4v) is 3.05. The zero-order chi connectivity index (χ0) is 13.9. The third kappa shape index (κ3) is 2.75. The second-order valence-corrected chi connectivity index (χ2v) is 5.69. The highest BCUT2D eigenvalue weighted by Crippen LogP contribution is 2.34. The van der Waals surface area contributed by atoms with Crippen molar-refractivity contribution in [1.82, 2.24) is 4.90 Å². The number of carbonyl (C=O) groups is 2. The van der Waals surface area contributed by atoms with Crippen molar-refractivity contribution in [2.75, 3.05) is 25.5 Å². The number of fused-ring (bicyclic) bond motifs is 1. The zero-order valence-electron chi connectivity index (χ0n) is 11.0. The van der Waals surface area contributed by atoms with Crippen molar-refractivity contribution in [2.45, 2.75) is 17.7 Å². The molecule has 1 aromatic rings. The molecule has 20 heavy (non-hydrogen) atoms. The fourth-order valence-electron chi connectivity index (χ4n) is 2.25. The molecule has 2 aliphatic heterocycles. The lowest BCUT2D eigenvalue weighted by Gasteiger charge is -2.19. The molecular formula is C14H15NO4S. The molecule has 3 rings (SSSR count). The number of likely N-dealkylation sites (tertiary alicyclic amines) is 1. The molecule has 106 valence electrons. The number of benzene rings is 1. The predicted molar refractivity (Wildman–Crippen MR) is 74.1 cm³/mol. The van der Waals surface area contributed by atoms with Gasteiger partial charge in [-0.25, -0.2) is 0 Å². The van der Waals surface area contributed by atoms with Crippen LogP contribution in [0.5, 0.6) is 11.5 Å². The monoisotopic (exact) mass is 293 g/mol. The van der Waals surface area contributed by atoms with E-state index in [9.17, 15) is 9.59 Å². The van der Waals surface area contributed by atoms with Crippen molar-refractivity contribution in [3.05, 3.63) is 18.2 Å². The quantitative estimate of drug-likeness (QED) is 0.794. The lowest BCUT2D eigenvalue weighted by molar-refractivity contribution is -0.140. The number of hydrogen-bond acceptors (Lipinski definition) is 5. The first-order valence-corrected chi connectivity index (χ1v) is 7.58. The Labute approximate surface area is 121 Å². The van der Waals surface area contributed by atoms with E-state index in [4.69, 9.17) is 9.47 Å². The van der Waals surface area contributed by atoms with E-state index in [2.05, 4.69) is 0 Å². The van der Waals surface area contributed by atoms with Crippen LogP contribution < -0.4 is 9.47 Å². The summed E-state index contributed by atoms with van der Waals surface area (Å²) in [5.41, 5.74) is 0. The normalized spacial score (nSPS) is 17.4. The van der Waals surface area contributed by atoms with Gasteiger partial charge in [0.1, 0.15) is 13.2 Å². The first kappa shape index (κ1) is 13.3. The van der Waals surface area contributed by atoms with Gasteiger partial charge in [0.2, 0.25) is 11.8 Å². The Morgan fingerprint density at radius 2 is 2.05 bits per heavy atom. The minimum Gasteiger partial charge on any atom is -0.486 e. The van der Waals surface area contributed by atoms with Gasteiger partial charge >= 0.3 is 0 Å². The Morgan fingerprint density at radius 3 is 2.80 bits per heavy atom. The maximum atomic E-state index is 11.9. The second kappa shape index (κ2) is 5.75. The third-order valence-corrected chi connectivity index (χ3v) is 4.23. The molecule has 0 N–H and O–H groups in total. The third-order valence-electron chi connectivity index (χ3n) is 3.25. The molecule has 1 aromatic carbocycles. The average Bonchev–Trinajstić information content (AvgIpc) is 2.91. The molecule has 0 bridgehead atoms. The number of ether oxygens (including phenoxy) is 2. The minimum absolute atomic E-state index is 0.0576. The molecular weight excluding hydrogens is 278 g/mol. The SMILES string of the molecule is O=C1CCCN1C(=O)CSc1ccc2c(c1)OCCO2. The average molecular weight is 293 g/mol. The van der Waals surface area contributed by atoms with Gasteiger partial charge in [0.15, 0.2) is 11.5 Å². The molecule has 0 unspecified atom stereocenters. The summed E-state index contributed by atoms with van der Waals surface area (Å²) in [6.07, 6.45) is 1.26. The smallest absolute Gasteiger partial charge is 0.239 e.